The Morgan fingerprint density at radius 1 is 1.21 bits per heavy atom. The number of halogens is 2. The van der Waals surface area contributed by atoms with E-state index >= 15 is 0 Å². The molecule has 0 aliphatic carbocycles. The lowest BCUT2D eigenvalue weighted by Crippen LogP contribution is -2.16. The van der Waals surface area contributed by atoms with Gasteiger partial charge in [0.15, 0.2) is 5.75 Å². The molecule has 0 spiro atoms. The number of aromatic nitrogens is 2. The minimum Gasteiger partial charge on any atom is -0.478 e. The summed E-state index contributed by atoms with van der Waals surface area (Å²) < 4.78 is 7.02. The van der Waals surface area contributed by atoms with Gasteiger partial charge in [-0.3, -0.25) is 4.79 Å². The first-order valence-corrected chi connectivity index (χ1v) is 7.48. The van der Waals surface area contributed by atoms with Crippen LogP contribution in [0, 0.1) is 0 Å². The van der Waals surface area contributed by atoms with Gasteiger partial charge in [-0.05, 0) is 24.3 Å². The van der Waals surface area contributed by atoms with Gasteiger partial charge in [-0.2, -0.15) is 0 Å². The molecular formula is C16H10Cl2N2O4. The standard InChI is InChI=1S/C16H10Cl2N2O4/c1-20-7-19-13-6-9(2-3-10(13)15(20)21)24-14-11(17)4-8(16(22)23)5-12(14)18/h2-7H,1H3,(H,22,23). The van der Waals surface area contributed by atoms with Crippen LogP contribution in [-0.4, -0.2) is 20.6 Å². The van der Waals surface area contributed by atoms with Crippen LogP contribution in [0.2, 0.25) is 10.0 Å². The van der Waals surface area contributed by atoms with Crippen molar-refractivity contribution >= 4 is 40.1 Å². The van der Waals surface area contributed by atoms with Crippen LogP contribution in [0.25, 0.3) is 10.9 Å². The van der Waals surface area contributed by atoms with Crippen LogP contribution >= 0.6 is 23.2 Å². The summed E-state index contributed by atoms with van der Waals surface area (Å²) >= 11 is 12.1. The Hall–Kier alpha value is -2.57. The number of carboxylic acid groups (broad SMARTS) is 1. The smallest absolute Gasteiger partial charge is 0.335 e. The second kappa shape index (κ2) is 6.14. The summed E-state index contributed by atoms with van der Waals surface area (Å²) in [6, 6.07) is 7.26. The van der Waals surface area contributed by atoms with Gasteiger partial charge in [-0.15, -0.1) is 0 Å². The number of rotatable bonds is 3. The SMILES string of the molecule is Cn1cnc2cc(Oc3c(Cl)cc(C(=O)O)cc3Cl)ccc2c1=O. The van der Waals surface area contributed by atoms with Gasteiger partial charge >= 0.3 is 5.97 Å². The van der Waals surface area contributed by atoms with E-state index < -0.39 is 5.97 Å². The molecule has 0 fully saturated rings. The highest BCUT2D eigenvalue weighted by molar-refractivity contribution is 6.37. The molecule has 6 nitrogen and oxygen atoms in total. The molecule has 0 saturated carbocycles. The molecule has 0 atom stereocenters. The number of carboxylic acids is 1. The van der Waals surface area contributed by atoms with Crippen LogP contribution < -0.4 is 10.3 Å². The molecule has 3 aromatic rings. The highest BCUT2D eigenvalue weighted by Gasteiger charge is 2.15. The van der Waals surface area contributed by atoms with Gasteiger partial charge in [0.2, 0.25) is 0 Å². The van der Waals surface area contributed by atoms with Crippen molar-refractivity contribution in [3.63, 3.8) is 0 Å². The monoisotopic (exact) mass is 364 g/mol. The van der Waals surface area contributed by atoms with Crippen LogP contribution in [0.1, 0.15) is 10.4 Å². The van der Waals surface area contributed by atoms with Crippen LogP contribution in [0.5, 0.6) is 11.5 Å². The molecule has 0 amide bonds. The lowest BCUT2D eigenvalue weighted by Gasteiger charge is -2.11. The zero-order valence-corrected chi connectivity index (χ0v) is 13.8. The Kier molecular flexibility index (Phi) is 4.17. The van der Waals surface area contributed by atoms with E-state index in [1.807, 2.05) is 0 Å². The maximum Gasteiger partial charge on any atom is 0.335 e. The fraction of sp³-hybridized carbons (Fsp3) is 0.0625. The predicted molar refractivity (Wildman–Crippen MR) is 90.5 cm³/mol. The molecule has 0 saturated heterocycles. The molecule has 24 heavy (non-hydrogen) atoms. The molecular weight excluding hydrogens is 355 g/mol. The number of aryl methyl sites for hydroxylation is 1. The number of hydrogen-bond donors (Lipinski definition) is 1. The molecule has 1 aromatic heterocycles. The van der Waals surface area contributed by atoms with E-state index in [1.165, 1.54) is 23.0 Å². The molecule has 1 N–H and O–H groups in total. The Morgan fingerprint density at radius 3 is 2.50 bits per heavy atom. The predicted octanol–water partition coefficient (Wildman–Crippen LogP) is 3.73. The normalized spacial score (nSPS) is 10.8. The fourth-order valence-electron chi connectivity index (χ4n) is 2.15. The van der Waals surface area contributed by atoms with Crippen molar-refractivity contribution in [2.45, 2.75) is 0 Å². The highest BCUT2D eigenvalue weighted by Crippen LogP contribution is 2.37. The zero-order valence-electron chi connectivity index (χ0n) is 12.3. The number of hydrogen-bond acceptors (Lipinski definition) is 4. The molecule has 0 bridgehead atoms. The van der Waals surface area contributed by atoms with Crippen molar-refractivity contribution in [3.05, 3.63) is 62.6 Å². The summed E-state index contributed by atoms with van der Waals surface area (Å²) in [4.78, 5) is 27.1. The van der Waals surface area contributed by atoms with Crippen LogP contribution in [0.15, 0.2) is 41.5 Å². The number of aromatic carboxylic acids is 1. The van der Waals surface area contributed by atoms with E-state index in [1.54, 1.807) is 25.2 Å². The Morgan fingerprint density at radius 2 is 1.88 bits per heavy atom. The molecule has 3 rings (SSSR count). The quantitative estimate of drug-likeness (QED) is 0.765. The number of fused-ring (bicyclic) bond motifs is 1. The highest BCUT2D eigenvalue weighted by atomic mass is 35.5. The van der Waals surface area contributed by atoms with Crippen molar-refractivity contribution in [1.82, 2.24) is 9.55 Å². The Labute approximate surface area is 145 Å². The van der Waals surface area contributed by atoms with E-state index in [-0.39, 0.29) is 26.9 Å². The topological polar surface area (TPSA) is 81.4 Å². The maximum atomic E-state index is 12.0. The van der Waals surface area contributed by atoms with Crippen molar-refractivity contribution < 1.29 is 14.6 Å². The van der Waals surface area contributed by atoms with E-state index in [4.69, 9.17) is 33.0 Å². The summed E-state index contributed by atoms with van der Waals surface area (Å²) in [7, 11) is 1.61. The van der Waals surface area contributed by atoms with Gasteiger partial charge in [0.05, 0.1) is 32.8 Å². The summed E-state index contributed by atoms with van der Waals surface area (Å²) in [6.07, 6.45) is 1.41. The van der Waals surface area contributed by atoms with Gasteiger partial charge in [0.25, 0.3) is 5.56 Å². The van der Waals surface area contributed by atoms with Gasteiger partial charge in [0.1, 0.15) is 5.75 Å². The number of benzene rings is 2. The largest absolute Gasteiger partial charge is 0.478 e. The molecule has 0 aliphatic heterocycles. The first-order chi connectivity index (χ1) is 11.4. The lowest BCUT2D eigenvalue weighted by molar-refractivity contribution is 0.0697. The van der Waals surface area contributed by atoms with Crippen molar-refractivity contribution in [2.75, 3.05) is 0 Å². The second-order valence-corrected chi connectivity index (χ2v) is 5.83. The molecule has 0 radical (unpaired) electrons. The number of carbonyl (C=O) groups is 1. The van der Waals surface area contributed by atoms with Gasteiger partial charge < -0.3 is 14.4 Å². The van der Waals surface area contributed by atoms with Gasteiger partial charge in [-0.1, -0.05) is 23.2 Å². The average Bonchev–Trinajstić information content (AvgIpc) is 2.54. The summed E-state index contributed by atoms with van der Waals surface area (Å²) in [5.74, 6) is -0.641. The van der Waals surface area contributed by atoms with Crippen molar-refractivity contribution in [1.29, 1.82) is 0 Å². The lowest BCUT2D eigenvalue weighted by atomic mass is 10.2. The summed E-state index contributed by atoms with van der Waals surface area (Å²) in [5, 5.41) is 9.57. The average molecular weight is 365 g/mol. The first-order valence-electron chi connectivity index (χ1n) is 6.72. The van der Waals surface area contributed by atoms with Gasteiger partial charge in [-0.25, -0.2) is 9.78 Å². The number of ether oxygens (including phenoxy) is 1. The summed E-state index contributed by atoms with van der Waals surface area (Å²) in [5.41, 5.74) is 0.249. The minimum absolute atomic E-state index is 0.0407. The van der Waals surface area contributed by atoms with Crippen molar-refractivity contribution in [2.24, 2.45) is 7.05 Å². The van der Waals surface area contributed by atoms with Gasteiger partial charge in [0, 0.05) is 13.1 Å². The number of nitrogens with zero attached hydrogens (tertiary/aromatic N) is 2. The minimum atomic E-state index is -1.14. The van der Waals surface area contributed by atoms with Crippen LogP contribution in [0.4, 0.5) is 0 Å². The third-order valence-corrected chi connectivity index (χ3v) is 3.92. The Balaban J connectivity index is 2.03. The van der Waals surface area contributed by atoms with E-state index in [2.05, 4.69) is 4.98 Å². The third-order valence-electron chi connectivity index (χ3n) is 3.36. The zero-order chi connectivity index (χ0) is 17.4. The summed E-state index contributed by atoms with van der Waals surface area (Å²) in [6.45, 7) is 0. The molecule has 0 aliphatic rings. The van der Waals surface area contributed by atoms with E-state index in [0.29, 0.717) is 16.7 Å². The Bertz CT molecular complexity index is 1010. The molecule has 0 unspecified atom stereocenters. The van der Waals surface area contributed by atoms with Crippen LogP contribution in [-0.2, 0) is 7.05 Å². The van der Waals surface area contributed by atoms with Crippen molar-refractivity contribution in [3.8, 4) is 11.5 Å². The molecule has 1 heterocycles. The van der Waals surface area contributed by atoms with Crippen LogP contribution in [0.3, 0.4) is 0 Å². The molecule has 8 heteroatoms. The molecule has 122 valence electrons. The second-order valence-electron chi connectivity index (χ2n) is 5.02. The third kappa shape index (κ3) is 2.93. The van der Waals surface area contributed by atoms with E-state index in [9.17, 15) is 9.59 Å². The fourth-order valence-corrected chi connectivity index (χ4v) is 2.72. The van der Waals surface area contributed by atoms with E-state index in [0.717, 1.165) is 0 Å². The maximum absolute atomic E-state index is 12.0. The molecule has 2 aromatic carbocycles. The first kappa shape index (κ1) is 16.3.